The molecule has 7 nitrogen and oxygen atoms in total. The maximum atomic E-state index is 12.5. The molecule has 0 saturated heterocycles. The van der Waals surface area contributed by atoms with Crippen molar-refractivity contribution in [3.8, 4) is 17.2 Å². The van der Waals surface area contributed by atoms with Crippen LogP contribution in [0.25, 0.3) is 0 Å². The number of benzene rings is 3. The molecule has 0 aliphatic carbocycles. The van der Waals surface area contributed by atoms with Gasteiger partial charge in [0.05, 0.1) is 23.9 Å². The molecule has 3 rings (SSSR count). The van der Waals surface area contributed by atoms with Crippen LogP contribution >= 0.6 is 15.9 Å². The minimum atomic E-state index is -0.572. The number of amides is 1. The third-order valence-corrected chi connectivity index (χ3v) is 4.59. The molecule has 0 saturated carbocycles. The van der Waals surface area contributed by atoms with Gasteiger partial charge in [-0.1, -0.05) is 28.1 Å². The third kappa shape index (κ3) is 5.93. The average Bonchev–Trinajstić information content (AvgIpc) is 2.76. The fraction of sp³-hybridized carbons (Fsp3) is 0.0870. The summed E-state index contributed by atoms with van der Waals surface area (Å²) < 4.78 is 11.6. The summed E-state index contributed by atoms with van der Waals surface area (Å²) in [7, 11) is 0. The Kier molecular flexibility index (Phi) is 7.40. The van der Waals surface area contributed by atoms with Crippen molar-refractivity contribution in [3.63, 3.8) is 0 Å². The van der Waals surface area contributed by atoms with Gasteiger partial charge in [0.1, 0.15) is 17.2 Å². The lowest BCUT2D eigenvalue weighted by molar-refractivity contribution is 0.0734. The normalized spacial score (nSPS) is 10.6. The minimum Gasteiger partial charge on any atom is -0.507 e. The number of carbonyl (C=O) groups excluding carboxylic acids is 2. The van der Waals surface area contributed by atoms with E-state index < -0.39 is 11.9 Å². The van der Waals surface area contributed by atoms with E-state index in [1.165, 1.54) is 18.3 Å². The topological polar surface area (TPSA) is 97.2 Å². The lowest BCUT2D eigenvalue weighted by Gasteiger charge is -2.09. The Balaban J connectivity index is 1.72. The van der Waals surface area contributed by atoms with Crippen molar-refractivity contribution < 1.29 is 24.2 Å². The molecule has 3 aromatic carbocycles. The van der Waals surface area contributed by atoms with Crippen LogP contribution in [0.5, 0.6) is 17.2 Å². The summed E-state index contributed by atoms with van der Waals surface area (Å²) in [4.78, 5) is 24.7. The summed E-state index contributed by atoms with van der Waals surface area (Å²) in [6, 6.07) is 17.8. The van der Waals surface area contributed by atoms with Crippen LogP contribution < -0.4 is 14.9 Å². The van der Waals surface area contributed by atoms with Gasteiger partial charge >= 0.3 is 5.97 Å². The second-order valence-corrected chi connectivity index (χ2v) is 7.16. The number of esters is 1. The molecule has 0 aromatic heterocycles. The van der Waals surface area contributed by atoms with Crippen LogP contribution in [0.15, 0.2) is 76.3 Å². The van der Waals surface area contributed by atoms with E-state index in [2.05, 4.69) is 26.5 Å². The van der Waals surface area contributed by atoms with Gasteiger partial charge in [0.2, 0.25) is 0 Å². The first kappa shape index (κ1) is 22.0. The van der Waals surface area contributed by atoms with Crippen molar-refractivity contribution in [2.45, 2.75) is 6.92 Å². The maximum absolute atomic E-state index is 12.5. The highest BCUT2D eigenvalue weighted by Gasteiger charge is 2.13. The second kappa shape index (κ2) is 10.4. The van der Waals surface area contributed by atoms with Gasteiger partial charge in [0, 0.05) is 10.0 Å². The predicted molar refractivity (Wildman–Crippen MR) is 120 cm³/mol. The summed E-state index contributed by atoms with van der Waals surface area (Å²) in [5.41, 5.74) is 3.26. The first-order valence-electron chi connectivity index (χ1n) is 9.34. The van der Waals surface area contributed by atoms with Crippen LogP contribution in [-0.2, 0) is 0 Å². The third-order valence-electron chi connectivity index (χ3n) is 4.09. The highest BCUT2D eigenvalue weighted by atomic mass is 79.9. The number of rotatable bonds is 7. The Labute approximate surface area is 187 Å². The van der Waals surface area contributed by atoms with E-state index in [1.54, 1.807) is 54.6 Å². The van der Waals surface area contributed by atoms with Crippen molar-refractivity contribution >= 4 is 34.0 Å². The maximum Gasteiger partial charge on any atom is 0.343 e. The molecule has 0 atom stereocenters. The van der Waals surface area contributed by atoms with Crippen molar-refractivity contribution in [1.82, 2.24) is 5.43 Å². The van der Waals surface area contributed by atoms with Crippen LogP contribution in [0.3, 0.4) is 0 Å². The molecule has 0 aliphatic rings. The van der Waals surface area contributed by atoms with Gasteiger partial charge in [-0.3, -0.25) is 4.79 Å². The first-order chi connectivity index (χ1) is 15.0. The summed E-state index contributed by atoms with van der Waals surface area (Å²) in [5.74, 6) is -0.337. The molecule has 3 aromatic rings. The van der Waals surface area contributed by atoms with E-state index in [-0.39, 0.29) is 17.1 Å². The van der Waals surface area contributed by atoms with Crippen LogP contribution in [0.2, 0.25) is 0 Å². The molecule has 0 heterocycles. The van der Waals surface area contributed by atoms with Crippen LogP contribution in [0.4, 0.5) is 0 Å². The lowest BCUT2D eigenvalue weighted by atomic mass is 10.2. The van der Waals surface area contributed by atoms with Gasteiger partial charge in [-0.25, -0.2) is 10.2 Å². The molecule has 0 unspecified atom stereocenters. The molecule has 0 aliphatic heterocycles. The van der Waals surface area contributed by atoms with Gasteiger partial charge in [-0.15, -0.1) is 0 Å². The number of para-hydroxylation sites is 1. The number of nitrogens with zero attached hydrogens (tertiary/aromatic N) is 1. The molecule has 0 spiro atoms. The van der Waals surface area contributed by atoms with E-state index in [0.717, 1.165) is 4.47 Å². The molecule has 0 bridgehead atoms. The number of hydrogen-bond donors (Lipinski definition) is 2. The van der Waals surface area contributed by atoms with Crippen molar-refractivity contribution in [1.29, 1.82) is 0 Å². The molecule has 0 radical (unpaired) electrons. The number of ether oxygens (including phenoxy) is 2. The van der Waals surface area contributed by atoms with Crippen molar-refractivity contribution in [2.24, 2.45) is 5.10 Å². The van der Waals surface area contributed by atoms with Crippen LogP contribution in [0.1, 0.15) is 33.2 Å². The number of hydrazone groups is 1. The molecule has 1 amide bonds. The predicted octanol–water partition coefficient (Wildman–Crippen LogP) is 4.54. The monoisotopic (exact) mass is 482 g/mol. The van der Waals surface area contributed by atoms with E-state index >= 15 is 0 Å². The number of aromatic hydroxyl groups is 1. The molecular weight excluding hydrogens is 464 g/mol. The quantitative estimate of drug-likeness (QED) is 0.223. The first-order valence-corrected chi connectivity index (χ1v) is 10.1. The molecule has 0 fully saturated rings. The number of halogens is 1. The zero-order chi connectivity index (χ0) is 22.2. The van der Waals surface area contributed by atoms with E-state index in [4.69, 9.17) is 9.47 Å². The lowest BCUT2D eigenvalue weighted by Crippen LogP contribution is -2.17. The summed E-state index contributed by atoms with van der Waals surface area (Å²) >= 11 is 3.36. The Morgan fingerprint density at radius 2 is 1.84 bits per heavy atom. The van der Waals surface area contributed by atoms with Crippen LogP contribution in [-0.4, -0.2) is 29.8 Å². The molecule has 8 heteroatoms. The van der Waals surface area contributed by atoms with Gasteiger partial charge in [0.25, 0.3) is 5.91 Å². The summed E-state index contributed by atoms with van der Waals surface area (Å²) in [5, 5.41) is 13.7. The molecule has 31 heavy (non-hydrogen) atoms. The zero-order valence-electron chi connectivity index (χ0n) is 16.5. The van der Waals surface area contributed by atoms with E-state index in [1.807, 2.05) is 6.92 Å². The van der Waals surface area contributed by atoms with E-state index in [9.17, 15) is 14.7 Å². The standard InChI is InChI=1S/C23H19BrN2O5/c1-2-30-18-10-7-15(8-11-18)23(29)31-21-12-9-17(24)13-16(21)14-25-26-22(28)19-5-3-4-6-20(19)27/h3-14,27H,2H2,1H3,(H,26,28). The Morgan fingerprint density at radius 3 is 2.55 bits per heavy atom. The minimum absolute atomic E-state index is 0.0936. The smallest absolute Gasteiger partial charge is 0.343 e. The summed E-state index contributed by atoms with van der Waals surface area (Å²) in [6.45, 7) is 2.41. The molecular formula is C23H19BrN2O5. The summed E-state index contributed by atoms with van der Waals surface area (Å²) in [6.07, 6.45) is 1.35. The van der Waals surface area contributed by atoms with Gasteiger partial charge < -0.3 is 14.6 Å². The number of nitrogens with one attached hydrogen (secondary N) is 1. The van der Waals surface area contributed by atoms with Crippen molar-refractivity contribution in [3.05, 3.63) is 87.9 Å². The van der Waals surface area contributed by atoms with Gasteiger partial charge in [-0.05, 0) is 61.5 Å². The largest absolute Gasteiger partial charge is 0.507 e. The molecule has 158 valence electrons. The number of carbonyl (C=O) groups is 2. The fourth-order valence-corrected chi connectivity index (χ4v) is 2.99. The van der Waals surface area contributed by atoms with Gasteiger partial charge in [0.15, 0.2) is 0 Å². The van der Waals surface area contributed by atoms with E-state index in [0.29, 0.717) is 23.5 Å². The Hall–Kier alpha value is -3.65. The van der Waals surface area contributed by atoms with Gasteiger partial charge in [-0.2, -0.15) is 5.10 Å². The average molecular weight is 483 g/mol. The number of hydrogen-bond acceptors (Lipinski definition) is 6. The highest BCUT2D eigenvalue weighted by molar-refractivity contribution is 9.10. The highest BCUT2D eigenvalue weighted by Crippen LogP contribution is 2.23. The van der Waals surface area contributed by atoms with Crippen LogP contribution in [0, 0.1) is 0 Å². The SMILES string of the molecule is CCOc1ccc(C(=O)Oc2ccc(Br)cc2C=NNC(=O)c2ccccc2O)cc1. The number of phenols is 1. The fourth-order valence-electron chi connectivity index (χ4n) is 2.61. The zero-order valence-corrected chi connectivity index (χ0v) is 18.1. The molecule has 2 N–H and O–H groups in total. The van der Waals surface area contributed by atoms with Crippen molar-refractivity contribution in [2.75, 3.05) is 6.61 Å². The Morgan fingerprint density at radius 1 is 1.10 bits per heavy atom. The number of phenolic OH excluding ortho intramolecular Hbond substituents is 1. The Bertz CT molecular complexity index is 1110. The second-order valence-electron chi connectivity index (χ2n) is 6.25.